The summed E-state index contributed by atoms with van der Waals surface area (Å²) in [6, 6.07) is 19.6. The monoisotopic (exact) mass is 493 g/mol. The molecule has 1 N–H and O–H groups in total. The fourth-order valence-corrected chi connectivity index (χ4v) is 4.02. The summed E-state index contributed by atoms with van der Waals surface area (Å²) in [5.41, 5.74) is 3.59. The number of nitro benzene ring substituents is 1. The van der Waals surface area contributed by atoms with Gasteiger partial charge >= 0.3 is 0 Å². The molecule has 1 amide bonds. The van der Waals surface area contributed by atoms with Crippen molar-refractivity contribution in [3.05, 3.63) is 104 Å². The van der Waals surface area contributed by atoms with Crippen LogP contribution in [0.1, 0.15) is 5.56 Å². The van der Waals surface area contributed by atoms with Crippen molar-refractivity contribution in [3.8, 4) is 5.69 Å². The third-order valence-electron chi connectivity index (χ3n) is 4.65. The number of amides is 1. The van der Waals surface area contributed by atoms with Crippen LogP contribution in [0.2, 0.25) is 5.02 Å². The molecular formula is C23H16ClN5O4S. The number of hydrazone groups is 1. The molecule has 0 fully saturated rings. The number of nitrogens with one attached hydrogen (secondary N) is 1. The van der Waals surface area contributed by atoms with Crippen LogP contribution in [0.5, 0.6) is 0 Å². The number of hydrogen-bond donors (Lipinski definition) is 1. The number of hydrogen-bond acceptors (Lipinski definition) is 7. The molecule has 0 saturated heterocycles. The van der Waals surface area contributed by atoms with E-state index in [0.29, 0.717) is 32.3 Å². The summed E-state index contributed by atoms with van der Waals surface area (Å²) in [7, 11) is 0. The number of para-hydroxylation sites is 1. The maximum absolute atomic E-state index is 13.2. The molecule has 4 aromatic rings. The molecule has 1 heterocycles. The molecule has 3 aromatic carbocycles. The standard InChI is InChI=1S/C23H16ClN5O4S/c24-16-8-10-17(11-9-16)28-22(31)19-6-1-2-7-20(19)26-23(28)34-14-21(30)27-25-13-15-4-3-5-18(12-15)29(32)33/h1-13H,14H2,(H,27,30)/b25-13-. The largest absolute Gasteiger partial charge is 0.272 e. The Labute approximate surface area is 202 Å². The number of nitrogens with zero attached hydrogens (tertiary/aromatic N) is 4. The molecule has 0 saturated carbocycles. The van der Waals surface area contributed by atoms with E-state index < -0.39 is 10.8 Å². The smallest absolute Gasteiger partial charge is 0.270 e. The minimum Gasteiger partial charge on any atom is -0.272 e. The Kier molecular flexibility index (Phi) is 7.00. The molecule has 0 spiro atoms. The molecule has 4 rings (SSSR count). The lowest BCUT2D eigenvalue weighted by Crippen LogP contribution is -2.24. The third kappa shape index (κ3) is 5.30. The van der Waals surface area contributed by atoms with Gasteiger partial charge in [0.1, 0.15) is 0 Å². The van der Waals surface area contributed by atoms with Crippen molar-refractivity contribution in [3.63, 3.8) is 0 Å². The summed E-state index contributed by atoms with van der Waals surface area (Å²) >= 11 is 7.06. The molecule has 0 atom stereocenters. The molecule has 0 unspecified atom stereocenters. The highest BCUT2D eigenvalue weighted by molar-refractivity contribution is 7.99. The average molecular weight is 494 g/mol. The summed E-state index contributed by atoms with van der Waals surface area (Å²) in [4.78, 5) is 40.4. The Morgan fingerprint density at radius 1 is 1.15 bits per heavy atom. The van der Waals surface area contributed by atoms with Crippen molar-refractivity contribution in [2.24, 2.45) is 5.10 Å². The second kappa shape index (κ2) is 10.3. The zero-order chi connectivity index (χ0) is 24.1. The normalized spacial score (nSPS) is 11.1. The number of carbonyl (C=O) groups excluding carboxylic acids is 1. The lowest BCUT2D eigenvalue weighted by molar-refractivity contribution is -0.384. The van der Waals surface area contributed by atoms with Gasteiger partial charge in [0.05, 0.1) is 33.5 Å². The van der Waals surface area contributed by atoms with Gasteiger partial charge in [-0.25, -0.2) is 10.4 Å². The quantitative estimate of drug-likeness (QED) is 0.135. The van der Waals surface area contributed by atoms with Crippen LogP contribution >= 0.6 is 23.4 Å². The SMILES string of the molecule is O=C(CSc1nc2ccccc2c(=O)n1-c1ccc(Cl)cc1)N/N=C\c1cccc([N+](=O)[O-])c1. The summed E-state index contributed by atoms with van der Waals surface area (Å²) in [6.07, 6.45) is 1.31. The van der Waals surface area contributed by atoms with Gasteiger partial charge < -0.3 is 0 Å². The molecule has 11 heteroatoms. The number of nitro groups is 1. The first-order valence-electron chi connectivity index (χ1n) is 9.89. The number of non-ortho nitro benzene ring substituents is 1. The van der Waals surface area contributed by atoms with Crippen LogP contribution in [0.25, 0.3) is 16.6 Å². The average Bonchev–Trinajstić information content (AvgIpc) is 2.84. The Hall–Kier alpha value is -4.02. The number of rotatable bonds is 7. The van der Waals surface area contributed by atoms with Crippen LogP contribution in [0, 0.1) is 10.1 Å². The lowest BCUT2D eigenvalue weighted by Gasteiger charge is -2.13. The van der Waals surface area contributed by atoms with Crippen LogP contribution in [0.3, 0.4) is 0 Å². The van der Waals surface area contributed by atoms with E-state index in [1.54, 1.807) is 54.6 Å². The first kappa shape index (κ1) is 23.1. The van der Waals surface area contributed by atoms with E-state index in [4.69, 9.17) is 11.6 Å². The van der Waals surface area contributed by atoms with Crippen molar-refractivity contribution in [2.75, 3.05) is 5.75 Å². The van der Waals surface area contributed by atoms with E-state index in [1.807, 2.05) is 0 Å². The fraction of sp³-hybridized carbons (Fsp3) is 0.0435. The van der Waals surface area contributed by atoms with E-state index in [9.17, 15) is 19.7 Å². The van der Waals surface area contributed by atoms with Gasteiger partial charge in [-0.2, -0.15) is 5.10 Å². The van der Waals surface area contributed by atoms with Gasteiger partial charge in [-0.15, -0.1) is 0 Å². The number of carbonyl (C=O) groups is 1. The Bertz CT molecular complexity index is 1470. The summed E-state index contributed by atoms with van der Waals surface area (Å²) in [5, 5.41) is 16.0. The molecule has 0 aliphatic heterocycles. The Morgan fingerprint density at radius 3 is 2.68 bits per heavy atom. The molecule has 170 valence electrons. The second-order valence-corrected chi connectivity index (χ2v) is 8.34. The van der Waals surface area contributed by atoms with Crippen LogP contribution in [-0.2, 0) is 4.79 Å². The second-order valence-electron chi connectivity index (χ2n) is 6.96. The third-order valence-corrected chi connectivity index (χ3v) is 5.84. The van der Waals surface area contributed by atoms with Gasteiger partial charge in [-0.3, -0.25) is 24.3 Å². The highest BCUT2D eigenvalue weighted by Gasteiger charge is 2.15. The molecule has 1 aromatic heterocycles. The number of fused-ring (bicyclic) bond motifs is 1. The van der Waals surface area contributed by atoms with Gasteiger partial charge in [0.2, 0.25) is 0 Å². The predicted octanol–water partition coefficient (Wildman–Crippen LogP) is 4.19. The Morgan fingerprint density at radius 2 is 1.91 bits per heavy atom. The van der Waals surface area contributed by atoms with Crippen LogP contribution in [0.15, 0.2) is 87.8 Å². The number of benzene rings is 3. The van der Waals surface area contributed by atoms with Gasteiger partial charge in [-0.05, 0) is 36.4 Å². The van der Waals surface area contributed by atoms with E-state index in [0.717, 1.165) is 11.8 Å². The van der Waals surface area contributed by atoms with Crippen molar-refractivity contribution < 1.29 is 9.72 Å². The molecule has 34 heavy (non-hydrogen) atoms. The summed E-state index contributed by atoms with van der Waals surface area (Å²) < 4.78 is 1.43. The van der Waals surface area contributed by atoms with Crippen molar-refractivity contribution >= 4 is 52.1 Å². The minimum atomic E-state index is -0.511. The molecule has 0 radical (unpaired) electrons. The summed E-state index contributed by atoms with van der Waals surface area (Å²) in [5.74, 6) is -0.498. The first-order chi connectivity index (χ1) is 16.4. The van der Waals surface area contributed by atoms with Crippen LogP contribution in [0.4, 0.5) is 5.69 Å². The van der Waals surface area contributed by atoms with Crippen LogP contribution in [-0.4, -0.2) is 32.3 Å². The topological polar surface area (TPSA) is 119 Å². The number of aromatic nitrogens is 2. The van der Waals surface area contributed by atoms with E-state index >= 15 is 0 Å². The molecule has 9 nitrogen and oxygen atoms in total. The zero-order valence-corrected chi connectivity index (χ0v) is 19.0. The maximum Gasteiger partial charge on any atom is 0.270 e. The van der Waals surface area contributed by atoms with Crippen LogP contribution < -0.4 is 11.0 Å². The predicted molar refractivity (Wildman–Crippen MR) is 132 cm³/mol. The maximum atomic E-state index is 13.2. The first-order valence-corrected chi connectivity index (χ1v) is 11.3. The minimum absolute atomic E-state index is 0.0648. The highest BCUT2D eigenvalue weighted by Crippen LogP contribution is 2.22. The van der Waals surface area contributed by atoms with Gasteiger partial charge in [0, 0.05) is 22.7 Å². The number of halogens is 1. The van der Waals surface area contributed by atoms with E-state index in [1.165, 1.54) is 29.0 Å². The van der Waals surface area contributed by atoms with Crippen molar-refractivity contribution in [1.82, 2.24) is 15.0 Å². The summed E-state index contributed by atoms with van der Waals surface area (Å²) in [6.45, 7) is 0. The molecular weight excluding hydrogens is 478 g/mol. The Balaban J connectivity index is 1.53. The molecule has 0 aliphatic carbocycles. The van der Waals surface area contributed by atoms with Crippen molar-refractivity contribution in [1.29, 1.82) is 0 Å². The van der Waals surface area contributed by atoms with E-state index in [2.05, 4.69) is 15.5 Å². The van der Waals surface area contributed by atoms with Gasteiger partial charge in [0.15, 0.2) is 5.16 Å². The van der Waals surface area contributed by atoms with Crippen molar-refractivity contribution in [2.45, 2.75) is 5.16 Å². The van der Waals surface area contributed by atoms with Gasteiger partial charge in [-0.1, -0.05) is 47.6 Å². The van der Waals surface area contributed by atoms with E-state index in [-0.39, 0.29) is 17.0 Å². The molecule has 0 aliphatic rings. The fourth-order valence-electron chi connectivity index (χ4n) is 3.09. The zero-order valence-electron chi connectivity index (χ0n) is 17.4. The number of thioether (sulfide) groups is 1. The lowest BCUT2D eigenvalue weighted by atomic mass is 10.2. The van der Waals surface area contributed by atoms with Gasteiger partial charge in [0.25, 0.3) is 17.2 Å². The molecule has 0 bridgehead atoms. The highest BCUT2D eigenvalue weighted by atomic mass is 35.5.